The number of para-hydroxylation sites is 3. The lowest BCUT2D eigenvalue weighted by molar-refractivity contribution is -0.143. The van der Waals surface area contributed by atoms with Crippen LogP contribution in [0.1, 0.15) is 72.7 Å². The monoisotopic (exact) mass is 1440 g/mol. The fourth-order valence-electron chi connectivity index (χ4n) is 9.42. The van der Waals surface area contributed by atoms with E-state index in [1.165, 1.54) is 0 Å². The highest BCUT2D eigenvalue weighted by atomic mass is 79.9. The summed E-state index contributed by atoms with van der Waals surface area (Å²) in [5.41, 5.74) is 28.3. The summed E-state index contributed by atoms with van der Waals surface area (Å²) < 4.78 is 11.2. The number of aliphatic carboxylic acids is 1. The molecule has 11 aromatic rings. The summed E-state index contributed by atoms with van der Waals surface area (Å²) in [5, 5.41) is 43.7. The van der Waals surface area contributed by atoms with Gasteiger partial charge in [0.25, 0.3) is 11.8 Å². The molecule has 0 radical (unpaired) electrons. The largest absolute Gasteiger partial charge is 0.488 e. The van der Waals surface area contributed by atoms with E-state index >= 15 is 0 Å². The number of esters is 2. The molecule has 492 valence electrons. The average molecular weight is 1440 g/mol. The molecule has 24 heteroatoms. The van der Waals surface area contributed by atoms with Crippen molar-refractivity contribution in [2.45, 2.75) is 46.2 Å². The Labute approximate surface area is 576 Å². The molecule has 0 aliphatic carbocycles. The van der Waals surface area contributed by atoms with Crippen LogP contribution in [0, 0.1) is 0 Å². The van der Waals surface area contributed by atoms with Crippen molar-refractivity contribution in [1.29, 1.82) is 0 Å². The molecule has 0 aliphatic heterocycles. The summed E-state index contributed by atoms with van der Waals surface area (Å²) in [6, 6.07) is 57.5. The topological polar surface area (TPSA) is 343 Å². The lowest BCUT2D eigenvalue weighted by Crippen LogP contribution is -2.30. The Bertz CT molecular complexity index is 4530. The highest BCUT2D eigenvalue weighted by Gasteiger charge is 2.18. The molecule has 96 heavy (non-hydrogen) atoms. The number of halogens is 3. The maximum absolute atomic E-state index is 13.1. The molecule has 12 N–H and O–H groups in total. The normalized spacial score (nSPS) is 10.2. The van der Waals surface area contributed by atoms with Crippen molar-refractivity contribution in [3.63, 3.8) is 0 Å². The van der Waals surface area contributed by atoms with E-state index in [4.69, 9.17) is 46.9 Å². The lowest BCUT2D eigenvalue weighted by atomic mass is 9.80. The van der Waals surface area contributed by atoms with Crippen LogP contribution in [0.25, 0.3) is 43.8 Å². The average Bonchev–Trinajstić information content (AvgIpc) is 0.797. The summed E-state index contributed by atoms with van der Waals surface area (Å²) in [5.74, 6) is -3.03. The SMILES string of the molecule is CCOC(=O)Cc1ccccc1N.CCOC(=O)Cc1ccccc1NC(=O)c1cc(Br)c2ncccc2c1.Cl.NCc1cccc(-c2cc(C(=O)Nc3ccccc3CC(=O)O)cc3cccnc23)c1.NCc1cccc(B(O)O)c1.O=C(O)c1cc(Br)c2ncccc2c1. The number of nitrogen functional groups attached to an aromatic ring is 1. The first-order chi connectivity index (χ1) is 45.8. The number of carbonyl (C=O) groups is 6. The van der Waals surface area contributed by atoms with Crippen LogP contribution in [0.3, 0.4) is 0 Å². The molecular formula is C72H68BBr2ClN8O12. The van der Waals surface area contributed by atoms with Crippen molar-refractivity contribution >= 4 is 142 Å². The van der Waals surface area contributed by atoms with Gasteiger partial charge >= 0.3 is 31.0 Å². The molecular weight excluding hydrogens is 1370 g/mol. The molecule has 8 aromatic carbocycles. The number of rotatable bonds is 17. The van der Waals surface area contributed by atoms with E-state index in [0.717, 1.165) is 65.0 Å². The predicted octanol–water partition coefficient (Wildman–Crippen LogP) is 11.9. The third kappa shape index (κ3) is 21.9. The number of pyridine rings is 3. The van der Waals surface area contributed by atoms with Gasteiger partial charge in [0.05, 0.1) is 54.6 Å². The Morgan fingerprint density at radius 3 is 1.43 bits per heavy atom. The second-order valence-electron chi connectivity index (χ2n) is 20.7. The molecule has 0 saturated heterocycles. The Kier molecular flexibility index (Phi) is 29.3. The quantitative estimate of drug-likeness (QED) is 0.0232. The Morgan fingerprint density at radius 2 is 0.927 bits per heavy atom. The minimum Gasteiger partial charge on any atom is -0.481 e. The van der Waals surface area contributed by atoms with E-state index in [-0.39, 0.29) is 61.0 Å². The molecule has 0 aliphatic rings. The molecule has 0 spiro atoms. The van der Waals surface area contributed by atoms with Gasteiger partial charge in [0.15, 0.2) is 0 Å². The molecule has 20 nitrogen and oxygen atoms in total. The number of nitrogens with one attached hydrogen (secondary N) is 2. The van der Waals surface area contributed by atoms with Crippen molar-refractivity contribution < 1.29 is 58.5 Å². The van der Waals surface area contributed by atoms with Gasteiger partial charge in [0, 0.05) is 90.5 Å². The van der Waals surface area contributed by atoms with Crippen LogP contribution in [0.4, 0.5) is 17.1 Å². The predicted molar refractivity (Wildman–Crippen MR) is 384 cm³/mol. The zero-order valence-corrected chi connectivity index (χ0v) is 56.0. The van der Waals surface area contributed by atoms with Gasteiger partial charge in [-0.15, -0.1) is 12.4 Å². The summed E-state index contributed by atoms with van der Waals surface area (Å²) >= 11 is 6.75. The minimum absolute atomic E-state index is 0. The number of nitrogens with two attached hydrogens (primary N) is 3. The third-order valence-corrected chi connectivity index (χ3v) is 15.2. The summed E-state index contributed by atoms with van der Waals surface area (Å²) in [4.78, 5) is 83.5. The molecule has 3 heterocycles. The van der Waals surface area contributed by atoms with Crippen LogP contribution in [-0.2, 0) is 56.2 Å². The van der Waals surface area contributed by atoms with Crippen LogP contribution >= 0.6 is 44.3 Å². The number of anilines is 3. The number of carboxylic acid groups (broad SMARTS) is 2. The first kappa shape index (κ1) is 74.8. The van der Waals surface area contributed by atoms with Crippen LogP contribution in [0.2, 0.25) is 0 Å². The number of carbonyl (C=O) groups excluding carboxylic acids is 4. The molecule has 3 aromatic heterocycles. The van der Waals surface area contributed by atoms with Crippen LogP contribution in [0.15, 0.2) is 222 Å². The molecule has 0 unspecified atom stereocenters. The Hall–Kier alpha value is -10.2. The van der Waals surface area contributed by atoms with E-state index in [1.807, 2.05) is 91.0 Å². The number of hydrogen-bond donors (Lipinski definition) is 9. The zero-order valence-electron chi connectivity index (χ0n) is 52.0. The number of ether oxygens (including phenoxy) is 2. The van der Waals surface area contributed by atoms with Gasteiger partial charge in [-0.2, -0.15) is 0 Å². The fourth-order valence-corrected chi connectivity index (χ4v) is 10.6. The number of benzene rings is 8. The molecule has 2 amide bonds. The van der Waals surface area contributed by atoms with Crippen LogP contribution in [-0.4, -0.2) is 91.2 Å². The molecule has 0 saturated carbocycles. The minimum atomic E-state index is -1.40. The highest BCUT2D eigenvalue weighted by Crippen LogP contribution is 2.31. The maximum Gasteiger partial charge on any atom is 0.488 e. The van der Waals surface area contributed by atoms with Crippen molar-refractivity contribution in [3.8, 4) is 11.1 Å². The second-order valence-corrected chi connectivity index (χ2v) is 22.4. The third-order valence-electron chi connectivity index (χ3n) is 14.0. The second kappa shape index (κ2) is 37.6. The first-order valence-electron chi connectivity index (χ1n) is 29.6. The lowest BCUT2D eigenvalue weighted by Gasteiger charge is -2.13. The van der Waals surface area contributed by atoms with Gasteiger partial charge in [-0.3, -0.25) is 38.9 Å². The van der Waals surface area contributed by atoms with Gasteiger partial charge in [-0.05, 0) is 163 Å². The standard InChI is InChI=1S/C25H21N3O3.C20H17BrN2O3.C10H6BrNO2.C10H13NO2.C7H10BNO2.ClH/c26-15-16-5-3-7-17(11-16)21-13-20(12-19-8-4-10-27-24(19)21)25(31)28-22-9-2-1-6-18(22)14-23(29)30;1-2-26-18(24)12-13-6-3-4-8-17(13)23-20(25)15-10-14-7-5-9-22-19(14)16(21)11-15;11-8-5-7(10(13)14)4-6-2-1-3-12-9(6)8;1-2-13-10(12)7-8-5-3-4-6-9(8)11;9-5-6-2-1-3-7(4-6)8(10)11;/h1-13H,14-15,26H2,(H,28,31)(H,29,30);3-11H,2,12H2,1H3,(H,23,25);1-5H,(H,13,14);3-6H,2,7,11H2,1H3;1-4,10-11H,5,9H2;1H. The number of hydrogen-bond acceptors (Lipinski definition) is 16. The number of fused-ring (bicyclic) bond motifs is 3. The van der Waals surface area contributed by atoms with Crippen molar-refractivity contribution in [2.24, 2.45) is 11.5 Å². The molecule has 11 rings (SSSR count). The van der Waals surface area contributed by atoms with Crippen molar-refractivity contribution in [3.05, 3.63) is 266 Å². The highest BCUT2D eigenvalue weighted by molar-refractivity contribution is 9.11. The molecule has 0 bridgehead atoms. The van der Waals surface area contributed by atoms with Gasteiger partial charge in [-0.25, -0.2) is 4.79 Å². The van der Waals surface area contributed by atoms with Gasteiger partial charge < -0.3 is 57.6 Å². The zero-order chi connectivity index (χ0) is 68.4. The fraction of sp³-hybridized carbons (Fsp3) is 0.125. The number of nitrogens with zero attached hydrogens (tertiary/aromatic N) is 3. The van der Waals surface area contributed by atoms with Crippen LogP contribution in [0.5, 0.6) is 0 Å². The van der Waals surface area contributed by atoms with Crippen molar-refractivity contribution in [2.75, 3.05) is 29.6 Å². The number of amides is 2. The number of aromatic nitrogens is 3. The van der Waals surface area contributed by atoms with E-state index in [9.17, 15) is 28.8 Å². The van der Waals surface area contributed by atoms with Gasteiger partial charge in [0.2, 0.25) is 0 Å². The first-order valence-corrected chi connectivity index (χ1v) is 31.2. The van der Waals surface area contributed by atoms with Crippen LogP contribution < -0.4 is 33.3 Å². The van der Waals surface area contributed by atoms with E-state index in [0.29, 0.717) is 75.6 Å². The van der Waals surface area contributed by atoms with Crippen molar-refractivity contribution in [1.82, 2.24) is 15.0 Å². The van der Waals surface area contributed by atoms with E-state index in [2.05, 4.69) is 57.4 Å². The van der Waals surface area contributed by atoms with Gasteiger partial charge in [0.1, 0.15) is 0 Å². The molecule has 0 atom stereocenters. The maximum atomic E-state index is 13.1. The summed E-state index contributed by atoms with van der Waals surface area (Å²) in [6.45, 7) is 5.11. The number of carboxylic acids is 2. The summed E-state index contributed by atoms with van der Waals surface area (Å²) in [7, 11) is -1.40. The smallest absolute Gasteiger partial charge is 0.481 e. The number of aromatic carboxylic acids is 1. The Balaban J connectivity index is 0.000000201. The Morgan fingerprint density at radius 1 is 0.490 bits per heavy atom. The molecule has 0 fully saturated rings. The van der Waals surface area contributed by atoms with E-state index < -0.39 is 19.1 Å². The summed E-state index contributed by atoms with van der Waals surface area (Å²) in [6.07, 6.45) is 5.29. The van der Waals surface area contributed by atoms with E-state index in [1.54, 1.807) is 136 Å². The van der Waals surface area contributed by atoms with Gasteiger partial charge in [-0.1, -0.05) is 115 Å².